The van der Waals surface area contributed by atoms with Gasteiger partial charge in [0.25, 0.3) is 5.56 Å². The van der Waals surface area contributed by atoms with E-state index in [0.717, 1.165) is 23.5 Å². The van der Waals surface area contributed by atoms with E-state index >= 15 is 0 Å². The Morgan fingerprint density at radius 3 is 2.94 bits per heavy atom. The molecule has 1 aliphatic rings. The molecule has 0 aliphatic carbocycles. The van der Waals surface area contributed by atoms with Crippen molar-refractivity contribution in [3.8, 4) is 0 Å². The van der Waals surface area contributed by atoms with Crippen LogP contribution in [0.4, 0.5) is 0 Å². The number of fused-ring (bicyclic) bond motifs is 1. The van der Waals surface area contributed by atoms with Gasteiger partial charge < -0.3 is 9.72 Å². The number of aromatic amines is 1. The van der Waals surface area contributed by atoms with Crippen LogP contribution in [0.5, 0.6) is 0 Å². The second-order valence-corrected chi connectivity index (χ2v) is 4.40. The van der Waals surface area contributed by atoms with Crippen LogP contribution in [-0.4, -0.2) is 16.6 Å². The molecule has 1 aromatic carbocycles. The molecule has 1 aliphatic heterocycles. The molecule has 4 heteroatoms. The number of nitrogens with one attached hydrogen (secondary N) is 1. The monoisotopic (exact) mass is 242 g/mol. The van der Waals surface area contributed by atoms with Crippen LogP contribution in [0.25, 0.3) is 0 Å². The fraction of sp³-hybridized carbons (Fsp3) is 0.286. The molecule has 0 atom stereocenters. The maximum atomic E-state index is 11.9. The third-order valence-electron chi connectivity index (χ3n) is 3.09. The van der Waals surface area contributed by atoms with Crippen LogP contribution in [0.3, 0.4) is 0 Å². The van der Waals surface area contributed by atoms with E-state index in [-0.39, 0.29) is 5.56 Å². The minimum absolute atomic E-state index is 0.0642. The minimum atomic E-state index is -0.0642. The van der Waals surface area contributed by atoms with Gasteiger partial charge in [-0.25, -0.2) is 4.98 Å². The summed E-state index contributed by atoms with van der Waals surface area (Å²) in [7, 11) is 0. The molecule has 2 aromatic rings. The Bertz CT molecular complexity index is 605. The molecule has 18 heavy (non-hydrogen) atoms. The van der Waals surface area contributed by atoms with Crippen molar-refractivity contribution in [2.45, 2.75) is 19.4 Å². The van der Waals surface area contributed by atoms with Gasteiger partial charge in [-0.3, -0.25) is 4.79 Å². The topological polar surface area (TPSA) is 55.0 Å². The van der Waals surface area contributed by atoms with Crippen molar-refractivity contribution in [1.29, 1.82) is 0 Å². The third-order valence-corrected chi connectivity index (χ3v) is 3.09. The highest BCUT2D eigenvalue weighted by molar-refractivity contribution is 5.23. The maximum absolute atomic E-state index is 11.9. The number of aromatic nitrogens is 2. The number of benzene rings is 1. The van der Waals surface area contributed by atoms with Gasteiger partial charge in [0.1, 0.15) is 5.82 Å². The first-order chi connectivity index (χ1) is 8.83. The Labute approximate surface area is 105 Å². The Kier molecular flexibility index (Phi) is 2.94. The fourth-order valence-corrected chi connectivity index (χ4v) is 2.17. The number of H-pyrrole nitrogens is 1. The molecule has 3 rings (SSSR count). The highest BCUT2D eigenvalue weighted by atomic mass is 16.5. The van der Waals surface area contributed by atoms with E-state index in [4.69, 9.17) is 4.74 Å². The van der Waals surface area contributed by atoms with Crippen LogP contribution in [0.2, 0.25) is 0 Å². The lowest BCUT2D eigenvalue weighted by molar-refractivity contribution is 0.108. The van der Waals surface area contributed by atoms with Gasteiger partial charge in [-0.1, -0.05) is 30.3 Å². The Morgan fingerprint density at radius 1 is 1.28 bits per heavy atom. The standard InChI is InChI=1S/C14H14N2O2/c17-14-11-9-18-7-6-12(11)15-13(16-14)8-10-4-2-1-3-5-10/h1-5H,6-9H2,(H,15,16,17). The highest BCUT2D eigenvalue weighted by Crippen LogP contribution is 2.11. The van der Waals surface area contributed by atoms with E-state index in [1.165, 1.54) is 0 Å². The van der Waals surface area contributed by atoms with E-state index in [1.807, 2.05) is 30.3 Å². The Balaban J connectivity index is 1.94. The van der Waals surface area contributed by atoms with Crippen LogP contribution < -0.4 is 5.56 Å². The average Bonchev–Trinajstić information content (AvgIpc) is 2.40. The van der Waals surface area contributed by atoms with Crippen LogP contribution in [0.1, 0.15) is 22.6 Å². The van der Waals surface area contributed by atoms with Crippen LogP contribution >= 0.6 is 0 Å². The molecule has 1 N–H and O–H groups in total. The van der Waals surface area contributed by atoms with Gasteiger partial charge in [0.05, 0.1) is 24.5 Å². The lowest BCUT2D eigenvalue weighted by Crippen LogP contribution is -2.25. The SMILES string of the molecule is O=c1[nH]c(Cc2ccccc2)nc2c1COCC2. The quantitative estimate of drug-likeness (QED) is 0.866. The largest absolute Gasteiger partial charge is 0.376 e. The molecule has 0 radical (unpaired) electrons. The number of ether oxygens (including phenoxy) is 1. The molecule has 0 spiro atoms. The molecule has 0 amide bonds. The van der Waals surface area contributed by atoms with Crippen LogP contribution in [0.15, 0.2) is 35.1 Å². The summed E-state index contributed by atoms with van der Waals surface area (Å²) in [5, 5.41) is 0. The molecular formula is C14H14N2O2. The lowest BCUT2D eigenvalue weighted by atomic mass is 10.1. The zero-order valence-corrected chi connectivity index (χ0v) is 9.98. The van der Waals surface area contributed by atoms with Gasteiger partial charge in [0.15, 0.2) is 0 Å². The van der Waals surface area contributed by atoms with Gasteiger partial charge >= 0.3 is 0 Å². The third kappa shape index (κ3) is 2.19. The molecule has 92 valence electrons. The van der Waals surface area contributed by atoms with Crippen LogP contribution in [0, 0.1) is 0 Å². The summed E-state index contributed by atoms with van der Waals surface area (Å²) in [6.45, 7) is 1.03. The molecule has 0 unspecified atom stereocenters. The number of hydrogen-bond acceptors (Lipinski definition) is 3. The molecule has 0 fully saturated rings. The van der Waals surface area contributed by atoms with Crippen molar-refractivity contribution in [2.24, 2.45) is 0 Å². The van der Waals surface area contributed by atoms with E-state index in [0.29, 0.717) is 25.2 Å². The highest BCUT2D eigenvalue weighted by Gasteiger charge is 2.15. The van der Waals surface area contributed by atoms with Gasteiger partial charge in [0.2, 0.25) is 0 Å². The van der Waals surface area contributed by atoms with E-state index in [9.17, 15) is 4.79 Å². The summed E-state index contributed by atoms with van der Waals surface area (Å²) in [4.78, 5) is 19.3. The van der Waals surface area contributed by atoms with Crippen molar-refractivity contribution < 1.29 is 4.74 Å². The van der Waals surface area contributed by atoms with Gasteiger partial charge in [-0.2, -0.15) is 0 Å². The predicted octanol–water partition coefficient (Wildman–Crippen LogP) is 1.43. The molecule has 0 saturated heterocycles. The first-order valence-corrected chi connectivity index (χ1v) is 6.05. The summed E-state index contributed by atoms with van der Waals surface area (Å²) in [6, 6.07) is 10.0. The summed E-state index contributed by atoms with van der Waals surface area (Å²) in [6.07, 6.45) is 1.38. The summed E-state index contributed by atoms with van der Waals surface area (Å²) in [5.41, 5.74) is 2.65. The molecule has 1 aromatic heterocycles. The summed E-state index contributed by atoms with van der Waals surface area (Å²) < 4.78 is 5.27. The second-order valence-electron chi connectivity index (χ2n) is 4.40. The van der Waals surface area contributed by atoms with Crippen LogP contribution in [-0.2, 0) is 24.2 Å². The summed E-state index contributed by atoms with van der Waals surface area (Å²) in [5.74, 6) is 0.729. The van der Waals surface area contributed by atoms with E-state index in [1.54, 1.807) is 0 Å². The zero-order valence-electron chi connectivity index (χ0n) is 9.98. The second kappa shape index (κ2) is 4.74. The van der Waals surface area contributed by atoms with Gasteiger partial charge in [0, 0.05) is 12.8 Å². The predicted molar refractivity (Wildman–Crippen MR) is 67.5 cm³/mol. The lowest BCUT2D eigenvalue weighted by Gasteiger charge is -2.15. The first kappa shape index (κ1) is 11.2. The Morgan fingerprint density at radius 2 is 2.11 bits per heavy atom. The normalized spacial score (nSPS) is 14.2. The van der Waals surface area contributed by atoms with Crippen molar-refractivity contribution in [1.82, 2.24) is 9.97 Å². The fourth-order valence-electron chi connectivity index (χ4n) is 2.17. The number of hydrogen-bond donors (Lipinski definition) is 1. The van der Waals surface area contributed by atoms with Gasteiger partial charge in [-0.05, 0) is 5.56 Å². The van der Waals surface area contributed by atoms with Crippen molar-refractivity contribution in [3.63, 3.8) is 0 Å². The number of nitrogens with zero attached hydrogens (tertiary/aromatic N) is 1. The zero-order chi connectivity index (χ0) is 12.4. The number of rotatable bonds is 2. The average molecular weight is 242 g/mol. The first-order valence-electron chi connectivity index (χ1n) is 6.05. The minimum Gasteiger partial charge on any atom is -0.376 e. The molecule has 4 nitrogen and oxygen atoms in total. The molecule has 2 heterocycles. The molecule has 0 saturated carbocycles. The van der Waals surface area contributed by atoms with E-state index < -0.39 is 0 Å². The Hall–Kier alpha value is -1.94. The van der Waals surface area contributed by atoms with Crippen molar-refractivity contribution in [3.05, 3.63) is 63.3 Å². The van der Waals surface area contributed by atoms with Gasteiger partial charge in [-0.15, -0.1) is 0 Å². The maximum Gasteiger partial charge on any atom is 0.256 e. The summed E-state index contributed by atoms with van der Waals surface area (Å²) >= 11 is 0. The molecular weight excluding hydrogens is 228 g/mol. The van der Waals surface area contributed by atoms with E-state index in [2.05, 4.69) is 9.97 Å². The molecule has 0 bridgehead atoms. The smallest absolute Gasteiger partial charge is 0.256 e. The van der Waals surface area contributed by atoms with Crippen molar-refractivity contribution in [2.75, 3.05) is 6.61 Å². The van der Waals surface area contributed by atoms with Crippen molar-refractivity contribution >= 4 is 0 Å².